The molecule has 1 amide bonds. The molecule has 0 aromatic rings. The van der Waals surface area contributed by atoms with Crippen LogP contribution < -0.4 is 5.32 Å². The number of carbonyl (C=O) groups is 1. The third kappa shape index (κ3) is 3.50. The minimum Gasteiger partial charge on any atom is -0.339 e. The SMILES string of the molecule is CCCCN(C(=O)C1(CCC)CCCNC1)C1CC1. The monoisotopic (exact) mass is 266 g/mol. The van der Waals surface area contributed by atoms with Gasteiger partial charge in [0.2, 0.25) is 5.91 Å². The maximum atomic E-state index is 13.1. The summed E-state index contributed by atoms with van der Waals surface area (Å²) >= 11 is 0. The van der Waals surface area contributed by atoms with E-state index < -0.39 is 0 Å². The fourth-order valence-electron chi connectivity index (χ4n) is 3.42. The average Bonchev–Trinajstić information content (AvgIpc) is 3.25. The smallest absolute Gasteiger partial charge is 0.230 e. The van der Waals surface area contributed by atoms with E-state index >= 15 is 0 Å². The van der Waals surface area contributed by atoms with Crippen LogP contribution in [0.2, 0.25) is 0 Å². The van der Waals surface area contributed by atoms with E-state index in [4.69, 9.17) is 0 Å². The number of unbranched alkanes of at least 4 members (excludes halogenated alkanes) is 1. The van der Waals surface area contributed by atoms with Gasteiger partial charge in [0, 0.05) is 19.1 Å². The summed E-state index contributed by atoms with van der Waals surface area (Å²) in [7, 11) is 0. The summed E-state index contributed by atoms with van der Waals surface area (Å²) in [6.45, 7) is 7.37. The van der Waals surface area contributed by atoms with Gasteiger partial charge in [-0.15, -0.1) is 0 Å². The van der Waals surface area contributed by atoms with E-state index in [-0.39, 0.29) is 5.41 Å². The van der Waals surface area contributed by atoms with E-state index in [1.54, 1.807) is 0 Å². The molecule has 2 rings (SSSR count). The Balaban J connectivity index is 2.07. The summed E-state index contributed by atoms with van der Waals surface area (Å²) in [6, 6.07) is 0.565. The fraction of sp³-hybridized carbons (Fsp3) is 0.938. The molecule has 1 saturated heterocycles. The molecule has 1 aliphatic carbocycles. The number of piperidine rings is 1. The summed E-state index contributed by atoms with van der Waals surface area (Å²) < 4.78 is 0. The second-order valence-corrected chi connectivity index (χ2v) is 6.39. The van der Waals surface area contributed by atoms with Gasteiger partial charge in [0.15, 0.2) is 0 Å². The third-order valence-electron chi connectivity index (χ3n) is 4.66. The first-order valence-corrected chi connectivity index (χ1v) is 8.25. The Bertz CT molecular complexity index is 288. The van der Waals surface area contributed by atoms with Crippen LogP contribution in [0.5, 0.6) is 0 Å². The van der Waals surface area contributed by atoms with Crippen LogP contribution >= 0.6 is 0 Å². The molecule has 1 unspecified atom stereocenters. The topological polar surface area (TPSA) is 32.3 Å². The lowest BCUT2D eigenvalue weighted by Gasteiger charge is -2.40. The molecule has 0 radical (unpaired) electrons. The highest BCUT2D eigenvalue weighted by atomic mass is 16.2. The van der Waals surface area contributed by atoms with Crippen molar-refractivity contribution in [3.8, 4) is 0 Å². The molecule has 0 aromatic carbocycles. The molecule has 0 spiro atoms. The lowest BCUT2D eigenvalue weighted by molar-refractivity contribution is -0.144. The second-order valence-electron chi connectivity index (χ2n) is 6.39. The average molecular weight is 266 g/mol. The number of hydrogen-bond acceptors (Lipinski definition) is 2. The zero-order valence-corrected chi connectivity index (χ0v) is 12.7. The van der Waals surface area contributed by atoms with Gasteiger partial charge in [-0.05, 0) is 45.1 Å². The fourth-order valence-corrected chi connectivity index (χ4v) is 3.42. The Morgan fingerprint density at radius 1 is 1.32 bits per heavy atom. The molecule has 1 saturated carbocycles. The Kier molecular flexibility index (Phi) is 5.26. The molecule has 3 heteroatoms. The van der Waals surface area contributed by atoms with Crippen molar-refractivity contribution in [1.29, 1.82) is 0 Å². The molecule has 19 heavy (non-hydrogen) atoms. The Hall–Kier alpha value is -0.570. The lowest BCUT2D eigenvalue weighted by atomic mass is 9.75. The van der Waals surface area contributed by atoms with Crippen LogP contribution in [0.25, 0.3) is 0 Å². The highest BCUT2D eigenvalue weighted by molar-refractivity contribution is 5.83. The lowest BCUT2D eigenvalue weighted by Crippen LogP contribution is -2.52. The van der Waals surface area contributed by atoms with Crippen LogP contribution in [0.4, 0.5) is 0 Å². The van der Waals surface area contributed by atoms with Gasteiger partial charge in [-0.25, -0.2) is 0 Å². The highest BCUT2D eigenvalue weighted by Crippen LogP contribution is 2.38. The van der Waals surface area contributed by atoms with Gasteiger partial charge in [0.1, 0.15) is 0 Å². The van der Waals surface area contributed by atoms with Crippen LogP contribution in [-0.2, 0) is 4.79 Å². The summed E-state index contributed by atoms with van der Waals surface area (Å²) in [6.07, 6.45) is 9.18. The summed E-state index contributed by atoms with van der Waals surface area (Å²) in [4.78, 5) is 15.3. The number of nitrogens with one attached hydrogen (secondary N) is 1. The molecular weight excluding hydrogens is 236 g/mol. The van der Waals surface area contributed by atoms with Crippen molar-refractivity contribution in [2.24, 2.45) is 5.41 Å². The van der Waals surface area contributed by atoms with E-state index in [2.05, 4.69) is 24.1 Å². The van der Waals surface area contributed by atoms with Crippen molar-refractivity contribution >= 4 is 5.91 Å². The van der Waals surface area contributed by atoms with Gasteiger partial charge in [-0.3, -0.25) is 4.79 Å². The van der Waals surface area contributed by atoms with E-state index in [1.165, 1.54) is 19.3 Å². The molecule has 1 aliphatic heterocycles. The molecule has 2 fully saturated rings. The normalized spacial score (nSPS) is 27.3. The number of carbonyl (C=O) groups excluding carboxylic acids is 1. The van der Waals surface area contributed by atoms with Crippen LogP contribution in [0.3, 0.4) is 0 Å². The van der Waals surface area contributed by atoms with Gasteiger partial charge in [0.25, 0.3) is 0 Å². The first-order chi connectivity index (χ1) is 9.23. The Morgan fingerprint density at radius 2 is 2.11 bits per heavy atom. The maximum Gasteiger partial charge on any atom is 0.230 e. The van der Waals surface area contributed by atoms with Gasteiger partial charge >= 0.3 is 0 Å². The molecule has 0 bridgehead atoms. The molecule has 1 N–H and O–H groups in total. The van der Waals surface area contributed by atoms with Crippen LogP contribution in [-0.4, -0.2) is 36.5 Å². The van der Waals surface area contributed by atoms with Crippen LogP contribution in [0, 0.1) is 5.41 Å². The van der Waals surface area contributed by atoms with Crippen LogP contribution in [0.15, 0.2) is 0 Å². The zero-order chi connectivity index (χ0) is 13.7. The van der Waals surface area contributed by atoms with E-state index in [0.717, 1.165) is 51.7 Å². The first kappa shape index (κ1) is 14.8. The highest BCUT2D eigenvalue weighted by Gasteiger charge is 2.44. The predicted molar refractivity (Wildman–Crippen MR) is 79.1 cm³/mol. The van der Waals surface area contributed by atoms with Gasteiger partial charge in [0.05, 0.1) is 5.41 Å². The van der Waals surface area contributed by atoms with Gasteiger partial charge < -0.3 is 10.2 Å². The molecule has 3 nitrogen and oxygen atoms in total. The minimum absolute atomic E-state index is 0.0939. The number of amides is 1. The van der Waals surface area contributed by atoms with Gasteiger partial charge in [-0.1, -0.05) is 26.7 Å². The minimum atomic E-state index is -0.0939. The maximum absolute atomic E-state index is 13.1. The van der Waals surface area contributed by atoms with Crippen LogP contribution in [0.1, 0.15) is 65.2 Å². The standard InChI is InChI=1S/C16H30N2O/c1-3-5-12-18(14-7-8-14)15(19)16(9-4-2)10-6-11-17-13-16/h14,17H,3-13H2,1-2H3. The van der Waals surface area contributed by atoms with Crippen molar-refractivity contribution in [3.63, 3.8) is 0 Å². The van der Waals surface area contributed by atoms with Crippen molar-refractivity contribution in [3.05, 3.63) is 0 Å². The van der Waals surface area contributed by atoms with E-state index in [1.807, 2.05) is 0 Å². The summed E-state index contributed by atoms with van der Waals surface area (Å²) in [5.74, 6) is 0.456. The molecule has 1 atom stereocenters. The van der Waals surface area contributed by atoms with Crippen molar-refractivity contribution in [2.45, 2.75) is 71.3 Å². The van der Waals surface area contributed by atoms with Crippen molar-refractivity contribution in [1.82, 2.24) is 10.2 Å². The molecule has 2 aliphatic rings. The second kappa shape index (κ2) is 6.74. The van der Waals surface area contributed by atoms with Crippen molar-refractivity contribution < 1.29 is 4.79 Å². The van der Waals surface area contributed by atoms with E-state index in [9.17, 15) is 4.79 Å². The first-order valence-electron chi connectivity index (χ1n) is 8.25. The van der Waals surface area contributed by atoms with Gasteiger partial charge in [-0.2, -0.15) is 0 Å². The summed E-state index contributed by atoms with van der Waals surface area (Å²) in [5.41, 5.74) is -0.0939. The van der Waals surface area contributed by atoms with Crippen molar-refractivity contribution in [2.75, 3.05) is 19.6 Å². The molecule has 0 aromatic heterocycles. The quantitative estimate of drug-likeness (QED) is 0.768. The number of nitrogens with zero attached hydrogens (tertiary/aromatic N) is 1. The molecular formula is C16H30N2O. The Morgan fingerprint density at radius 3 is 2.63 bits per heavy atom. The summed E-state index contributed by atoms with van der Waals surface area (Å²) in [5, 5.41) is 3.46. The zero-order valence-electron chi connectivity index (χ0n) is 12.7. The Labute approximate surface area is 118 Å². The third-order valence-corrected chi connectivity index (χ3v) is 4.66. The largest absolute Gasteiger partial charge is 0.339 e. The molecule has 110 valence electrons. The number of hydrogen-bond donors (Lipinski definition) is 1. The molecule has 1 heterocycles. The number of rotatable bonds is 7. The predicted octanol–water partition coefficient (Wildman–Crippen LogP) is 2.95. The van der Waals surface area contributed by atoms with E-state index in [0.29, 0.717) is 11.9 Å².